The molecule has 35 atom stereocenters. The third-order valence-corrected chi connectivity index (χ3v) is 14.5. The molecule has 7 aliphatic rings. The second-order valence-electron chi connectivity index (χ2n) is 19.7. The van der Waals surface area contributed by atoms with Crippen molar-refractivity contribution in [3.05, 3.63) is 0 Å². The average molecular weight is 1150 g/mol. The maximum Gasteiger partial charge on any atom is 0.187 e. The zero-order valence-electron chi connectivity index (χ0n) is 40.8. The van der Waals surface area contributed by atoms with Crippen LogP contribution in [0.1, 0.15) is 0 Å². The lowest BCUT2D eigenvalue weighted by Gasteiger charge is -2.48. The molecule has 0 amide bonds. The fraction of sp³-hybridized carbons (Fsp3) is 1.00. The third kappa shape index (κ3) is 13.5. The Morgan fingerprint density at radius 3 is 0.795 bits per heavy atom. The minimum atomic E-state index is -2.26. The zero-order valence-corrected chi connectivity index (χ0v) is 40.8. The SMILES string of the molecule is OC[C@H]1O[C@@H](OC[C@H]2O[C@@H](OC[C@H]3O[C@@H](O[C@@H]4[C@@H](O)[C@H](O[C@@H]5[C@@H](O)[C@H](O)O[C@H](CO[C@@H]6O[C@H](CO[C@@H]7O[C@H](CO)[C@@H](O)[C@H](O)[C@H]7O)[C@@H](O)[C@H](O)[C@H]6O)[C@H]5O)O[C@H](CO)[C@H]4O)[C@H](O)[C@@H](O)[C@@H]3O)[C@H](O)[C@@H](O)[C@@H]2O)[C@H](O)[C@@H](O)[C@@H]1O. The lowest BCUT2D eigenvalue weighted by Crippen LogP contribution is -2.67. The van der Waals surface area contributed by atoms with E-state index in [1.807, 2.05) is 0 Å². The van der Waals surface area contributed by atoms with Crippen LogP contribution in [-0.4, -0.2) is 379 Å². The molecule has 7 heterocycles. The monoisotopic (exact) mass is 1150 g/mol. The summed E-state index contributed by atoms with van der Waals surface area (Å²) in [5.74, 6) is 0. The van der Waals surface area contributed by atoms with Crippen LogP contribution < -0.4 is 0 Å². The van der Waals surface area contributed by atoms with Crippen molar-refractivity contribution in [1.82, 2.24) is 0 Å². The molecule has 0 aliphatic carbocycles. The number of aliphatic hydroxyl groups excluding tert-OH is 23. The van der Waals surface area contributed by atoms with Crippen LogP contribution in [-0.2, 0) is 61.6 Å². The number of ether oxygens (including phenoxy) is 13. The van der Waals surface area contributed by atoms with Gasteiger partial charge in [-0.25, -0.2) is 0 Å². The molecule has 36 nitrogen and oxygen atoms in total. The van der Waals surface area contributed by atoms with Gasteiger partial charge in [0.05, 0.1) is 46.2 Å². The van der Waals surface area contributed by atoms with Crippen LogP contribution in [0.5, 0.6) is 0 Å². The van der Waals surface area contributed by atoms with Crippen LogP contribution in [0.2, 0.25) is 0 Å². The Balaban J connectivity index is 0.957. The summed E-state index contributed by atoms with van der Waals surface area (Å²) in [6, 6.07) is 0. The normalized spacial score (nSPS) is 53.5. The molecule has 7 aliphatic heterocycles. The summed E-state index contributed by atoms with van der Waals surface area (Å²) in [7, 11) is 0. The van der Waals surface area contributed by atoms with Crippen molar-refractivity contribution in [2.75, 3.05) is 46.2 Å². The first kappa shape index (κ1) is 64.1. The first-order valence-electron chi connectivity index (χ1n) is 24.6. The molecule has 456 valence electrons. The largest absolute Gasteiger partial charge is 0.394 e. The molecule has 7 rings (SSSR count). The van der Waals surface area contributed by atoms with Gasteiger partial charge in [0.1, 0.15) is 171 Å². The van der Waals surface area contributed by atoms with Gasteiger partial charge in [-0.15, -0.1) is 0 Å². The van der Waals surface area contributed by atoms with Crippen LogP contribution in [0, 0.1) is 0 Å². The molecule has 0 aromatic heterocycles. The predicted octanol–water partition coefficient (Wildman–Crippen LogP) is -16.3. The van der Waals surface area contributed by atoms with Crippen LogP contribution in [0.25, 0.3) is 0 Å². The van der Waals surface area contributed by atoms with E-state index in [0.717, 1.165) is 0 Å². The molecule has 0 spiro atoms. The van der Waals surface area contributed by atoms with E-state index in [1.54, 1.807) is 0 Å². The molecule has 0 bridgehead atoms. The highest BCUT2D eigenvalue weighted by atomic mass is 16.8. The van der Waals surface area contributed by atoms with Gasteiger partial charge in [-0.1, -0.05) is 0 Å². The molecular weight excluding hydrogens is 1080 g/mol. The first-order chi connectivity index (χ1) is 36.8. The summed E-state index contributed by atoms with van der Waals surface area (Å²) in [5.41, 5.74) is 0. The third-order valence-electron chi connectivity index (χ3n) is 14.5. The van der Waals surface area contributed by atoms with Crippen LogP contribution in [0.3, 0.4) is 0 Å². The molecule has 0 unspecified atom stereocenters. The zero-order chi connectivity index (χ0) is 57.3. The lowest BCUT2D eigenvalue weighted by molar-refractivity contribution is -0.383. The molecular formula is C42H72O36. The standard InChI is InChI=1S/C42H72O36/c43-1-8-15(46)22(53)27(58)37(71-8)66-4-11-17(48)24(55)29(60)39(74-11)68-6-13-19(50)26(57)31(62)41(76-13)78-35-20(51)10(3-45)73-42(33(35)64)77-34-21(52)14(70-36(65)32(34)63)7-69-40-30(61)25(56)18(49)12(75-40)5-67-38-28(59)23(54)16(47)9(2-44)72-38/h8-65H,1-7H2/t8-,9-,10-,11-,12-,13-,14-,15-,16-,17-,18-,19-,20-,21-,22+,23+,24+,25+,26+,27-,28-,29-,30-,31-,32-,33-,34+,35+,36-,37-,38-,39-,40-,41+,42+/m1/s1. The summed E-state index contributed by atoms with van der Waals surface area (Å²) in [5, 5.41) is 242. The van der Waals surface area contributed by atoms with E-state index in [4.69, 9.17) is 61.6 Å². The van der Waals surface area contributed by atoms with Gasteiger partial charge < -0.3 is 179 Å². The van der Waals surface area contributed by atoms with Crippen LogP contribution in [0.15, 0.2) is 0 Å². The molecule has 0 radical (unpaired) electrons. The number of hydrogen-bond acceptors (Lipinski definition) is 36. The number of aliphatic hydroxyl groups is 23. The van der Waals surface area contributed by atoms with E-state index >= 15 is 0 Å². The fourth-order valence-electron chi connectivity index (χ4n) is 9.57. The Morgan fingerprint density at radius 1 is 0.218 bits per heavy atom. The van der Waals surface area contributed by atoms with E-state index in [0.29, 0.717) is 0 Å². The van der Waals surface area contributed by atoms with Crippen LogP contribution in [0.4, 0.5) is 0 Å². The summed E-state index contributed by atoms with van der Waals surface area (Å²) >= 11 is 0. The van der Waals surface area contributed by atoms with Crippen LogP contribution >= 0.6 is 0 Å². The second kappa shape index (κ2) is 27.5. The summed E-state index contributed by atoms with van der Waals surface area (Å²) < 4.78 is 71.2. The van der Waals surface area contributed by atoms with Crippen molar-refractivity contribution in [3.8, 4) is 0 Å². The summed E-state index contributed by atoms with van der Waals surface area (Å²) in [4.78, 5) is 0. The van der Waals surface area contributed by atoms with Gasteiger partial charge >= 0.3 is 0 Å². The number of rotatable bonds is 19. The van der Waals surface area contributed by atoms with E-state index in [-0.39, 0.29) is 0 Å². The Kier molecular flexibility index (Phi) is 22.6. The number of hydrogen-bond donors (Lipinski definition) is 23. The van der Waals surface area contributed by atoms with E-state index in [9.17, 15) is 117 Å². The van der Waals surface area contributed by atoms with Gasteiger partial charge in [0, 0.05) is 0 Å². The highest BCUT2D eigenvalue weighted by Gasteiger charge is 2.56. The highest BCUT2D eigenvalue weighted by molar-refractivity contribution is 4.99. The topological polar surface area (TPSA) is 585 Å². The van der Waals surface area contributed by atoms with Crippen molar-refractivity contribution in [1.29, 1.82) is 0 Å². The lowest BCUT2D eigenvalue weighted by atomic mass is 9.96. The molecule has 36 heteroatoms. The van der Waals surface area contributed by atoms with E-state index < -0.39 is 261 Å². The summed E-state index contributed by atoms with van der Waals surface area (Å²) in [6.45, 7) is -5.89. The van der Waals surface area contributed by atoms with Crippen molar-refractivity contribution >= 4 is 0 Å². The maximum atomic E-state index is 11.5. The molecule has 23 N–H and O–H groups in total. The second-order valence-corrected chi connectivity index (χ2v) is 19.7. The Bertz CT molecular complexity index is 1820. The minimum Gasteiger partial charge on any atom is -0.394 e. The van der Waals surface area contributed by atoms with Crippen molar-refractivity contribution < 1.29 is 179 Å². The van der Waals surface area contributed by atoms with Gasteiger partial charge in [0.25, 0.3) is 0 Å². The van der Waals surface area contributed by atoms with Gasteiger partial charge in [-0.05, 0) is 0 Å². The fourth-order valence-corrected chi connectivity index (χ4v) is 9.57. The summed E-state index contributed by atoms with van der Waals surface area (Å²) in [6.07, 6.45) is -66.6. The molecule has 78 heavy (non-hydrogen) atoms. The van der Waals surface area contributed by atoms with Crippen molar-refractivity contribution in [2.45, 2.75) is 215 Å². The smallest absolute Gasteiger partial charge is 0.187 e. The molecule has 7 saturated heterocycles. The van der Waals surface area contributed by atoms with Gasteiger partial charge in [0.15, 0.2) is 44.0 Å². The highest BCUT2D eigenvalue weighted by Crippen LogP contribution is 2.35. The predicted molar refractivity (Wildman–Crippen MR) is 232 cm³/mol. The Labute approximate surface area is 439 Å². The Hall–Kier alpha value is -1.44. The van der Waals surface area contributed by atoms with Gasteiger partial charge in [-0.3, -0.25) is 0 Å². The maximum absolute atomic E-state index is 11.5. The molecule has 0 aromatic rings. The molecule has 0 aromatic carbocycles. The van der Waals surface area contributed by atoms with E-state index in [1.165, 1.54) is 0 Å². The van der Waals surface area contributed by atoms with Gasteiger partial charge in [-0.2, -0.15) is 0 Å². The van der Waals surface area contributed by atoms with Crippen molar-refractivity contribution in [2.24, 2.45) is 0 Å². The van der Waals surface area contributed by atoms with Crippen molar-refractivity contribution in [3.63, 3.8) is 0 Å². The minimum absolute atomic E-state index is 0.739. The average Bonchev–Trinajstić information content (AvgIpc) is 3.48. The molecule has 0 saturated carbocycles. The van der Waals surface area contributed by atoms with Gasteiger partial charge in [0.2, 0.25) is 0 Å². The quantitative estimate of drug-likeness (QED) is 0.0571. The first-order valence-corrected chi connectivity index (χ1v) is 24.6. The van der Waals surface area contributed by atoms with E-state index in [2.05, 4.69) is 0 Å². The Morgan fingerprint density at radius 2 is 0.449 bits per heavy atom. The molecule has 7 fully saturated rings.